The summed E-state index contributed by atoms with van der Waals surface area (Å²) < 4.78 is 23.6. The Hall–Kier alpha value is -0.640. The highest BCUT2D eigenvalue weighted by Gasteiger charge is 2.32. The van der Waals surface area contributed by atoms with Crippen molar-refractivity contribution in [3.8, 4) is 6.26 Å². The van der Waals surface area contributed by atoms with Crippen LogP contribution in [0.2, 0.25) is 0 Å². The maximum Gasteiger partial charge on any atom is 0.595 e. The van der Waals surface area contributed by atoms with E-state index >= 15 is 0 Å². The van der Waals surface area contributed by atoms with E-state index in [0.29, 0.717) is 0 Å². The molecule has 0 bridgehead atoms. The van der Waals surface area contributed by atoms with Gasteiger partial charge in [0, 0.05) is 0 Å². The van der Waals surface area contributed by atoms with Crippen LogP contribution in [-0.4, -0.2) is 13.2 Å². The normalized spacial score (nSPS) is 10.8. The zero-order valence-corrected chi connectivity index (χ0v) is 8.15. The third-order valence-electron chi connectivity index (χ3n) is 0.676. The molecule has 0 fully saturated rings. The predicted octanol–water partition coefficient (Wildman–Crippen LogP) is 1.53. The Bertz CT molecular complexity index is 202. The molecule has 8 heteroatoms. The second kappa shape index (κ2) is 6.83. The summed E-state index contributed by atoms with van der Waals surface area (Å²) >= 11 is 0. The number of hydrogen-bond donors (Lipinski definition) is 0. The van der Waals surface area contributed by atoms with Gasteiger partial charge in [-0.1, -0.05) is 0 Å². The molecule has 0 spiro atoms. The molecule has 0 heterocycles. The highest BCUT2D eigenvalue weighted by Crippen LogP contribution is 2.49. The molecule has 76 valence electrons. The smallest absolute Gasteiger partial charge is 0.325 e. The number of nitriles is 1. The van der Waals surface area contributed by atoms with Crippen LogP contribution in [0.3, 0.4) is 0 Å². The van der Waals surface area contributed by atoms with Crippen molar-refractivity contribution in [1.82, 2.24) is 0 Å². The van der Waals surface area contributed by atoms with Crippen molar-refractivity contribution in [2.45, 2.75) is 13.8 Å². The molecule has 0 aromatic carbocycles. The van der Waals surface area contributed by atoms with Crippen molar-refractivity contribution in [1.29, 1.82) is 5.26 Å². The Labute approximate surface area is 75.6 Å². The van der Waals surface area contributed by atoms with Crippen LogP contribution < -0.4 is 0 Å². The molecule has 0 aromatic heterocycles. The molecule has 0 aromatic rings. The molecule has 13 heavy (non-hydrogen) atoms. The van der Waals surface area contributed by atoms with Crippen LogP contribution in [0.1, 0.15) is 13.8 Å². The van der Waals surface area contributed by atoms with E-state index in [1.807, 2.05) is 0 Å². The average Bonchev–Trinajstić information content (AvgIpc) is 2.12. The lowest BCUT2D eigenvalue weighted by atomic mass is 10.9. The average molecular weight is 211 g/mol. The van der Waals surface area contributed by atoms with Gasteiger partial charge < -0.3 is 4.52 Å². The fourth-order valence-corrected chi connectivity index (χ4v) is 0.982. The minimum absolute atomic E-state index is 0.133. The number of phosphoric acid groups is 1. The molecular formula is C5H10NO6P. The SMILES string of the molecule is CCOOP(=O)(OC#N)OOCC. The van der Waals surface area contributed by atoms with Crippen LogP contribution >= 0.6 is 7.82 Å². The summed E-state index contributed by atoms with van der Waals surface area (Å²) in [5.74, 6) is 0. The molecule has 0 atom stereocenters. The van der Waals surface area contributed by atoms with Gasteiger partial charge in [0.05, 0.1) is 13.2 Å². The quantitative estimate of drug-likeness (QED) is 0.273. The number of nitrogens with zero attached hydrogens (tertiary/aromatic N) is 1. The van der Waals surface area contributed by atoms with Crippen LogP contribution in [0.4, 0.5) is 0 Å². The highest BCUT2D eigenvalue weighted by atomic mass is 31.2. The van der Waals surface area contributed by atoms with Crippen molar-refractivity contribution in [2.24, 2.45) is 0 Å². The Balaban J connectivity index is 4.02. The molecular weight excluding hydrogens is 201 g/mol. The zero-order valence-electron chi connectivity index (χ0n) is 7.26. The van der Waals surface area contributed by atoms with Crippen LogP contribution in [0.25, 0.3) is 0 Å². The van der Waals surface area contributed by atoms with Crippen LogP contribution in [-0.2, 0) is 28.2 Å². The van der Waals surface area contributed by atoms with Gasteiger partial charge in [-0.05, 0) is 13.8 Å². The van der Waals surface area contributed by atoms with Crippen molar-refractivity contribution in [3.63, 3.8) is 0 Å². The van der Waals surface area contributed by atoms with E-state index in [2.05, 4.69) is 23.6 Å². The summed E-state index contributed by atoms with van der Waals surface area (Å²) in [5, 5.41) is 8.08. The molecule has 0 unspecified atom stereocenters. The van der Waals surface area contributed by atoms with Gasteiger partial charge in [0.2, 0.25) is 0 Å². The van der Waals surface area contributed by atoms with E-state index in [1.165, 1.54) is 0 Å². The number of rotatable bonds is 7. The first-order chi connectivity index (χ1) is 6.18. The first-order valence-electron chi connectivity index (χ1n) is 3.48. The molecule has 0 aliphatic carbocycles. The zero-order chi connectivity index (χ0) is 10.2. The largest absolute Gasteiger partial charge is 0.595 e. The fourth-order valence-electron chi connectivity index (χ4n) is 0.327. The van der Waals surface area contributed by atoms with E-state index < -0.39 is 7.82 Å². The van der Waals surface area contributed by atoms with Crippen molar-refractivity contribution in [3.05, 3.63) is 0 Å². The summed E-state index contributed by atoms with van der Waals surface area (Å²) in [4.78, 5) is 8.61. The number of hydrogen-bond acceptors (Lipinski definition) is 7. The fraction of sp³-hybridized carbons (Fsp3) is 0.800. The van der Waals surface area contributed by atoms with Gasteiger partial charge >= 0.3 is 7.82 Å². The van der Waals surface area contributed by atoms with Gasteiger partial charge in [-0.3, -0.25) is 0 Å². The minimum Gasteiger partial charge on any atom is -0.325 e. The maximum atomic E-state index is 11.2. The van der Waals surface area contributed by atoms with Crippen LogP contribution in [0.5, 0.6) is 0 Å². The Morgan fingerprint density at radius 2 is 1.69 bits per heavy atom. The summed E-state index contributed by atoms with van der Waals surface area (Å²) in [6.07, 6.45) is 1.15. The van der Waals surface area contributed by atoms with Gasteiger partial charge in [0.25, 0.3) is 6.26 Å². The lowest BCUT2D eigenvalue weighted by molar-refractivity contribution is -0.275. The second-order valence-electron chi connectivity index (χ2n) is 1.59. The summed E-state index contributed by atoms with van der Waals surface area (Å²) in [7, 11) is -4.06. The Morgan fingerprint density at radius 3 is 2.00 bits per heavy atom. The first-order valence-corrected chi connectivity index (χ1v) is 4.94. The van der Waals surface area contributed by atoms with E-state index in [1.54, 1.807) is 13.8 Å². The van der Waals surface area contributed by atoms with Gasteiger partial charge in [-0.2, -0.15) is 0 Å². The van der Waals surface area contributed by atoms with Gasteiger partial charge in [-0.25, -0.2) is 14.3 Å². The maximum absolute atomic E-state index is 11.2. The highest BCUT2D eigenvalue weighted by molar-refractivity contribution is 7.48. The molecule has 0 saturated heterocycles. The van der Waals surface area contributed by atoms with Crippen LogP contribution in [0, 0.1) is 11.5 Å². The van der Waals surface area contributed by atoms with E-state index in [0.717, 1.165) is 6.26 Å². The van der Waals surface area contributed by atoms with E-state index in [-0.39, 0.29) is 13.2 Å². The molecule has 0 amide bonds. The molecule has 0 aliphatic rings. The predicted molar refractivity (Wildman–Crippen MR) is 39.7 cm³/mol. The van der Waals surface area contributed by atoms with E-state index in [4.69, 9.17) is 5.26 Å². The topological polar surface area (TPSA) is 87.0 Å². The molecule has 0 rings (SSSR count). The molecule has 0 N–H and O–H groups in total. The Kier molecular flexibility index (Phi) is 6.49. The van der Waals surface area contributed by atoms with Crippen molar-refractivity contribution in [2.75, 3.05) is 13.2 Å². The van der Waals surface area contributed by atoms with Crippen molar-refractivity contribution < 1.29 is 28.2 Å². The van der Waals surface area contributed by atoms with Crippen LogP contribution in [0.15, 0.2) is 0 Å². The second-order valence-corrected chi connectivity index (χ2v) is 2.97. The monoisotopic (exact) mass is 211 g/mol. The Morgan fingerprint density at radius 1 is 1.23 bits per heavy atom. The van der Waals surface area contributed by atoms with Gasteiger partial charge in [0.15, 0.2) is 0 Å². The molecule has 0 radical (unpaired) electrons. The summed E-state index contributed by atoms with van der Waals surface area (Å²) in [6.45, 7) is 3.46. The van der Waals surface area contributed by atoms with Crippen molar-refractivity contribution >= 4 is 7.82 Å². The standard InChI is InChI=1S/C5H10NO6P/c1-3-8-11-13(7,10-5-6)12-9-4-2/h3-4H2,1-2H3. The lowest BCUT2D eigenvalue weighted by Gasteiger charge is -2.09. The summed E-state index contributed by atoms with van der Waals surface area (Å²) in [6, 6.07) is 0. The van der Waals surface area contributed by atoms with E-state index in [9.17, 15) is 4.57 Å². The van der Waals surface area contributed by atoms with Gasteiger partial charge in [0.1, 0.15) is 0 Å². The first kappa shape index (κ1) is 12.4. The minimum atomic E-state index is -4.06. The van der Waals surface area contributed by atoms with Gasteiger partial charge in [-0.15, -0.1) is 14.6 Å². The summed E-state index contributed by atoms with van der Waals surface area (Å²) in [5.41, 5.74) is 0. The third-order valence-corrected chi connectivity index (χ3v) is 1.56. The molecule has 0 saturated carbocycles. The third kappa shape index (κ3) is 5.58. The molecule has 7 nitrogen and oxygen atoms in total. The lowest BCUT2D eigenvalue weighted by Crippen LogP contribution is -1.99. The molecule has 0 aliphatic heterocycles.